The number of nitrogens with zero attached hydrogens (tertiary/aromatic N) is 4. The van der Waals surface area contributed by atoms with Gasteiger partial charge in [-0.3, -0.25) is 25.0 Å². The second kappa shape index (κ2) is 8.98. The number of nitrogens with one attached hydrogen (secondary N) is 1. The molecule has 2 aliphatic heterocycles. The van der Waals surface area contributed by atoms with E-state index in [4.69, 9.17) is 4.99 Å². The lowest BCUT2D eigenvalue weighted by atomic mass is 9.93. The second-order valence-electron chi connectivity index (χ2n) is 9.33. The summed E-state index contributed by atoms with van der Waals surface area (Å²) in [4.78, 5) is 38.7. The smallest absolute Gasteiger partial charge is 0.336 e. The highest BCUT2D eigenvalue weighted by molar-refractivity contribution is 6.19. The SMILES string of the molecule is O=C(c1ccc(C(F)(F)F)cc1)N1CCC2(C1)C(=NC1CCCCC1)NC(=O)N2c1cccnc1. The van der Waals surface area contributed by atoms with Crippen LogP contribution in [-0.4, -0.2) is 52.3 Å². The molecule has 1 unspecified atom stereocenters. The summed E-state index contributed by atoms with van der Waals surface area (Å²) in [6.45, 7) is 0.529. The first-order chi connectivity index (χ1) is 16.8. The van der Waals surface area contributed by atoms with Gasteiger partial charge < -0.3 is 4.90 Å². The molecule has 3 amide bonds. The molecule has 1 N–H and O–H groups in total. The van der Waals surface area contributed by atoms with E-state index in [0.29, 0.717) is 24.5 Å². The minimum absolute atomic E-state index is 0.115. The quantitative estimate of drug-likeness (QED) is 0.688. The van der Waals surface area contributed by atoms with Crippen LogP contribution in [0.5, 0.6) is 0 Å². The first kappa shape index (κ1) is 23.3. The van der Waals surface area contributed by atoms with E-state index >= 15 is 0 Å². The van der Waals surface area contributed by atoms with Crippen LogP contribution in [-0.2, 0) is 6.18 Å². The number of aromatic nitrogens is 1. The van der Waals surface area contributed by atoms with Crippen molar-refractivity contribution in [3.63, 3.8) is 0 Å². The van der Waals surface area contributed by atoms with Crippen LogP contribution in [0.1, 0.15) is 54.4 Å². The minimum Gasteiger partial charge on any atom is -0.336 e. The summed E-state index contributed by atoms with van der Waals surface area (Å²) in [6.07, 6.45) is 4.48. The van der Waals surface area contributed by atoms with Gasteiger partial charge in [-0.15, -0.1) is 0 Å². The maximum Gasteiger partial charge on any atom is 0.416 e. The van der Waals surface area contributed by atoms with E-state index in [-0.39, 0.29) is 30.1 Å². The molecule has 1 atom stereocenters. The van der Waals surface area contributed by atoms with E-state index in [9.17, 15) is 22.8 Å². The van der Waals surface area contributed by atoms with Crippen molar-refractivity contribution >= 4 is 23.5 Å². The molecule has 2 aromatic rings. The molecule has 0 radical (unpaired) electrons. The number of benzene rings is 1. The van der Waals surface area contributed by atoms with E-state index in [1.165, 1.54) is 18.6 Å². The monoisotopic (exact) mass is 485 g/mol. The minimum atomic E-state index is -4.47. The molecule has 3 aliphatic rings. The normalized spacial score (nSPS) is 24.4. The average molecular weight is 486 g/mol. The Balaban J connectivity index is 1.46. The number of amides is 3. The summed E-state index contributed by atoms with van der Waals surface area (Å²) < 4.78 is 38.8. The zero-order valence-corrected chi connectivity index (χ0v) is 19.1. The van der Waals surface area contributed by atoms with Crippen LogP contribution >= 0.6 is 0 Å². The van der Waals surface area contributed by atoms with Crippen molar-refractivity contribution in [3.05, 3.63) is 59.9 Å². The molecule has 0 bridgehead atoms. The third kappa shape index (κ3) is 4.37. The van der Waals surface area contributed by atoms with E-state index in [1.54, 1.807) is 34.3 Å². The number of carbonyl (C=O) groups excluding carboxylic acids is 2. The number of rotatable bonds is 3. The molecule has 35 heavy (non-hydrogen) atoms. The number of anilines is 1. The van der Waals surface area contributed by atoms with Crippen molar-refractivity contribution in [2.45, 2.75) is 56.3 Å². The fourth-order valence-electron chi connectivity index (χ4n) is 5.30. The highest BCUT2D eigenvalue weighted by atomic mass is 19.4. The maximum atomic E-state index is 13.2. The van der Waals surface area contributed by atoms with Gasteiger partial charge in [-0.05, 0) is 55.7 Å². The topological polar surface area (TPSA) is 77.9 Å². The van der Waals surface area contributed by atoms with Gasteiger partial charge in [0.25, 0.3) is 5.91 Å². The number of amidine groups is 1. The predicted octanol–water partition coefficient (Wildman–Crippen LogP) is 4.65. The lowest BCUT2D eigenvalue weighted by molar-refractivity contribution is -0.137. The van der Waals surface area contributed by atoms with E-state index in [0.717, 1.165) is 37.8 Å². The number of alkyl halides is 3. The predicted molar refractivity (Wildman–Crippen MR) is 124 cm³/mol. The number of hydrogen-bond acceptors (Lipinski definition) is 4. The largest absolute Gasteiger partial charge is 0.416 e. The van der Waals surface area contributed by atoms with Crippen molar-refractivity contribution < 1.29 is 22.8 Å². The fourth-order valence-corrected chi connectivity index (χ4v) is 5.30. The molecule has 5 rings (SSSR count). The molecule has 10 heteroatoms. The Morgan fingerprint density at radius 3 is 2.51 bits per heavy atom. The van der Waals surface area contributed by atoms with Crippen molar-refractivity contribution in [2.24, 2.45) is 4.99 Å². The Morgan fingerprint density at radius 1 is 1.11 bits per heavy atom. The van der Waals surface area contributed by atoms with Gasteiger partial charge >= 0.3 is 12.2 Å². The van der Waals surface area contributed by atoms with E-state index < -0.39 is 17.3 Å². The zero-order chi connectivity index (χ0) is 24.6. The van der Waals surface area contributed by atoms with Gasteiger partial charge in [0, 0.05) is 18.3 Å². The van der Waals surface area contributed by atoms with Crippen LogP contribution in [0, 0.1) is 0 Å². The van der Waals surface area contributed by atoms with Crippen molar-refractivity contribution in [2.75, 3.05) is 18.0 Å². The van der Waals surface area contributed by atoms with Crippen molar-refractivity contribution in [3.8, 4) is 0 Å². The van der Waals surface area contributed by atoms with Crippen LogP contribution in [0.15, 0.2) is 53.8 Å². The Morgan fingerprint density at radius 2 is 1.86 bits per heavy atom. The van der Waals surface area contributed by atoms with Gasteiger partial charge in [0.2, 0.25) is 0 Å². The van der Waals surface area contributed by atoms with E-state index in [1.807, 2.05) is 0 Å². The van der Waals surface area contributed by atoms with E-state index in [2.05, 4.69) is 10.3 Å². The van der Waals surface area contributed by atoms with Crippen LogP contribution in [0.3, 0.4) is 0 Å². The summed E-state index contributed by atoms with van der Waals surface area (Å²) in [5.41, 5.74) is -0.907. The van der Waals surface area contributed by atoms with Crippen LogP contribution in [0.2, 0.25) is 0 Å². The lowest BCUT2D eigenvalue weighted by Gasteiger charge is -2.33. The molecule has 2 saturated heterocycles. The number of likely N-dealkylation sites (tertiary alicyclic amines) is 1. The highest BCUT2D eigenvalue weighted by Gasteiger charge is 2.56. The summed E-state index contributed by atoms with van der Waals surface area (Å²) >= 11 is 0. The molecule has 1 spiro atoms. The Kier molecular flexibility index (Phi) is 5.98. The summed E-state index contributed by atoms with van der Waals surface area (Å²) in [5.74, 6) is 0.180. The zero-order valence-electron chi connectivity index (χ0n) is 19.1. The average Bonchev–Trinajstić information content (AvgIpc) is 3.41. The third-order valence-corrected chi connectivity index (χ3v) is 7.08. The molecule has 1 aliphatic carbocycles. The molecule has 7 nitrogen and oxygen atoms in total. The molecule has 1 saturated carbocycles. The number of hydrogen-bond donors (Lipinski definition) is 1. The summed E-state index contributed by atoms with van der Waals surface area (Å²) in [5, 5.41) is 2.95. The van der Waals surface area contributed by atoms with Gasteiger partial charge in [-0.1, -0.05) is 19.3 Å². The van der Waals surface area contributed by atoms with Gasteiger partial charge in [-0.25, -0.2) is 4.79 Å². The molecule has 3 fully saturated rings. The molecular weight excluding hydrogens is 459 g/mol. The van der Waals surface area contributed by atoms with Crippen LogP contribution < -0.4 is 10.2 Å². The molecule has 3 heterocycles. The number of halogens is 3. The number of urea groups is 1. The summed E-state index contributed by atoms with van der Waals surface area (Å²) in [6, 6.07) is 7.55. The standard InChI is InChI=1S/C25H26F3N5O2/c26-25(27,28)18-10-8-17(9-11-18)21(34)32-14-12-24(16-32)22(30-19-5-2-1-3-6-19)31-23(35)33(24)20-7-4-13-29-15-20/h4,7-11,13,15,19H,1-3,5-6,12,14,16H2,(H,30,31,35). The second-order valence-corrected chi connectivity index (χ2v) is 9.33. The van der Waals surface area contributed by atoms with Gasteiger partial charge in [0.15, 0.2) is 0 Å². The van der Waals surface area contributed by atoms with Gasteiger partial charge in [-0.2, -0.15) is 13.2 Å². The summed E-state index contributed by atoms with van der Waals surface area (Å²) in [7, 11) is 0. The molecule has 184 valence electrons. The number of pyridine rings is 1. The third-order valence-electron chi connectivity index (χ3n) is 7.08. The highest BCUT2D eigenvalue weighted by Crippen LogP contribution is 2.38. The number of carbonyl (C=O) groups is 2. The molecular formula is C25H26F3N5O2. The Hall–Kier alpha value is -3.43. The van der Waals surface area contributed by atoms with Crippen molar-refractivity contribution in [1.82, 2.24) is 15.2 Å². The maximum absolute atomic E-state index is 13.2. The first-order valence-corrected chi connectivity index (χ1v) is 11.8. The van der Waals surface area contributed by atoms with Crippen LogP contribution in [0.4, 0.5) is 23.7 Å². The first-order valence-electron chi connectivity index (χ1n) is 11.8. The molecule has 1 aromatic carbocycles. The lowest BCUT2D eigenvalue weighted by Crippen LogP contribution is -2.53. The Labute approximate surface area is 201 Å². The molecule has 1 aromatic heterocycles. The van der Waals surface area contributed by atoms with Crippen LogP contribution in [0.25, 0.3) is 0 Å². The van der Waals surface area contributed by atoms with Gasteiger partial charge in [0.1, 0.15) is 11.4 Å². The van der Waals surface area contributed by atoms with Gasteiger partial charge in [0.05, 0.1) is 30.0 Å². The fraction of sp³-hybridized carbons (Fsp3) is 0.440. The number of aliphatic imine (C=N–C) groups is 1. The Bertz CT molecular complexity index is 1130. The van der Waals surface area contributed by atoms with Crippen molar-refractivity contribution in [1.29, 1.82) is 0 Å².